The smallest absolute Gasteiger partial charge is 0.310 e. The maximum absolute atomic E-state index is 11.4. The predicted molar refractivity (Wildman–Crippen MR) is 73.2 cm³/mol. The van der Waals surface area contributed by atoms with Crippen LogP contribution in [0.25, 0.3) is 0 Å². The summed E-state index contributed by atoms with van der Waals surface area (Å²) in [5.41, 5.74) is 0.631. The molecule has 0 aromatic heterocycles. The monoisotopic (exact) mass is 277 g/mol. The van der Waals surface area contributed by atoms with Gasteiger partial charge in [-0.2, -0.15) is 0 Å². The summed E-state index contributed by atoms with van der Waals surface area (Å²) in [6, 6.07) is 4.50. The first-order valence-corrected chi connectivity index (χ1v) is 5.83. The van der Waals surface area contributed by atoms with E-state index in [1.807, 2.05) is 0 Å². The van der Waals surface area contributed by atoms with Gasteiger partial charge in [-0.3, -0.25) is 14.9 Å². The van der Waals surface area contributed by atoms with Crippen LogP contribution in [0.1, 0.15) is 5.56 Å². The summed E-state index contributed by atoms with van der Waals surface area (Å²) in [6.07, 6.45) is 5.00. The standard InChI is InChI=1S/C13H15N3O4/c1-3-6-15-13(17)9-20-12-7-10(8-14-2)4-5-11(12)16(18)19/h1,4-5,7,14H,6,8-9H2,2H3,(H,15,17). The molecule has 1 aromatic rings. The highest BCUT2D eigenvalue weighted by molar-refractivity contribution is 5.77. The molecule has 0 aliphatic heterocycles. The van der Waals surface area contributed by atoms with Crippen molar-refractivity contribution >= 4 is 11.6 Å². The lowest BCUT2D eigenvalue weighted by Crippen LogP contribution is -2.29. The number of carbonyl (C=O) groups excluding carboxylic acids is 1. The second-order valence-corrected chi connectivity index (χ2v) is 3.86. The zero-order valence-corrected chi connectivity index (χ0v) is 11.0. The van der Waals surface area contributed by atoms with Crippen LogP contribution in [0.15, 0.2) is 18.2 Å². The highest BCUT2D eigenvalue weighted by Gasteiger charge is 2.16. The van der Waals surface area contributed by atoms with E-state index in [9.17, 15) is 14.9 Å². The summed E-state index contributed by atoms with van der Waals surface area (Å²) < 4.78 is 5.19. The van der Waals surface area contributed by atoms with Crippen molar-refractivity contribution in [3.63, 3.8) is 0 Å². The molecule has 1 amide bonds. The Morgan fingerprint density at radius 3 is 2.90 bits per heavy atom. The third-order valence-electron chi connectivity index (χ3n) is 2.35. The number of carbonyl (C=O) groups is 1. The number of terminal acetylenes is 1. The minimum absolute atomic E-state index is 0.0543. The summed E-state index contributed by atoms with van der Waals surface area (Å²) in [5.74, 6) is 1.87. The molecular formula is C13H15N3O4. The molecule has 0 heterocycles. The van der Waals surface area contributed by atoms with Gasteiger partial charge in [-0.05, 0) is 18.7 Å². The molecular weight excluding hydrogens is 262 g/mol. The summed E-state index contributed by atoms with van der Waals surface area (Å²) in [5, 5.41) is 16.2. The number of rotatable bonds is 7. The number of nitro groups is 1. The van der Waals surface area contributed by atoms with Gasteiger partial charge in [-0.1, -0.05) is 12.0 Å². The Labute approximate surface area is 116 Å². The normalized spacial score (nSPS) is 9.60. The van der Waals surface area contributed by atoms with Gasteiger partial charge in [0, 0.05) is 12.6 Å². The van der Waals surface area contributed by atoms with Gasteiger partial charge in [0.25, 0.3) is 5.91 Å². The highest BCUT2D eigenvalue weighted by Crippen LogP contribution is 2.27. The number of nitro benzene ring substituents is 1. The number of hydrogen-bond donors (Lipinski definition) is 2. The summed E-state index contributed by atoms with van der Waals surface area (Å²) in [7, 11) is 1.76. The SMILES string of the molecule is C#CCNC(=O)COc1cc(CNC)ccc1[N+](=O)[O-]. The molecule has 7 heteroatoms. The van der Waals surface area contributed by atoms with Crippen molar-refractivity contribution in [2.75, 3.05) is 20.2 Å². The largest absolute Gasteiger partial charge is 0.477 e. The molecule has 0 radical (unpaired) electrons. The van der Waals surface area contributed by atoms with Crippen molar-refractivity contribution in [2.45, 2.75) is 6.54 Å². The van der Waals surface area contributed by atoms with Gasteiger partial charge in [0.2, 0.25) is 0 Å². The zero-order chi connectivity index (χ0) is 15.0. The third kappa shape index (κ3) is 4.59. The topological polar surface area (TPSA) is 93.5 Å². The second kappa shape index (κ2) is 7.76. The first-order chi connectivity index (χ1) is 9.58. The first kappa shape index (κ1) is 15.5. The second-order valence-electron chi connectivity index (χ2n) is 3.86. The molecule has 20 heavy (non-hydrogen) atoms. The summed E-state index contributed by atoms with van der Waals surface area (Å²) >= 11 is 0. The Hall–Kier alpha value is -2.59. The van der Waals surface area contributed by atoms with Crippen LogP contribution in [-0.4, -0.2) is 31.0 Å². The number of ether oxygens (including phenoxy) is 1. The number of nitrogens with one attached hydrogen (secondary N) is 2. The number of hydrogen-bond acceptors (Lipinski definition) is 5. The summed E-state index contributed by atoms with van der Waals surface area (Å²) in [4.78, 5) is 21.7. The molecule has 1 aromatic carbocycles. The molecule has 0 saturated heterocycles. The van der Waals surface area contributed by atoms with Gasteiger partial charge in [0.05, 0.1) is 11.5 Å². The Bertz CT molecular complexity index is 537. The quantitative estimate of drug-likeness (QED) is 0.428. The van der Waals surface area contributed by atoms with E-state index in [0.29, 0.717) is 6.54 Å². The summed E-state index contributed by atoms with van der Waals surface area (Å²) in [6.45, 7) is 0.299. The number of nitrogens with zero attached hydrogens (tertiary/aromatic N) is 1. The van der Waals surface area contributed by atoms with Crippen molar-refractivity contribution in [3.8, 4) is 18.1 Å². The number of benzene rings is 1. The maximum atomic E-state index is 11.4. The van der Waals surface area contributed by atoms with E-state index in [2.05, 4.69) is 16.6 Å². The molecule has 106 valence electrons. The van der Waals surface area contributed by atoms with Crippen LogP contribution in [0.3, 0.4) is 0 Å². The van der Waals surface area contributed by atoms with Crippen LogP contribution >= 0.6 is 0 Å². The molecule has 1 rings (SSSR count). The van der Waals surface area contributed by atoms with E-state index in [-0.39, 0.29) is 24.6 Å². The van der Waals surface area contributed by atoms with Gasteiger partial charge in [-0.15, -0.1) is 6.42 Å². The van der Waals surface area contributed by atoms with E-state index >= 15 is 0 Å². The van der Waals surface area contributed by atoms with E-state index in [1.54, 1.807) is 13.1 Å². The molecule has 0 spiro atoms. The van der Waals surface area contributed by atoms with Gasteiger partial charge >= 0.3 is 5.69 Å². The molecule has 0 unspecified atom stereocenters. The molecule has 7 nitrogen and oxygen atoms in total. The molecule has 0 atom stereocenters. The maximum Gasteiger partial charge on any atom is 0.310 e. The van der Waals surface area contributed by atoms with Gasteiger partial charge in [0.1, 0.15) is 0 Å². The fraction of sp³-hybridized carbons (Fsp3) is 0.308. The van der Waals surface area contributed by atoms with Crippen LogP contribution < -0.4 is 15.4 Å². The minimum atomic E-state index is -0.558. The van der Waals surface area contributed by atoms with Crippen molar-refractivity contribution in [3.05, 3.63) is 33.9 Å². The van der Waals surface area contributed by atoms with Crippen LogP contribution in [-0.2, 0) is 11.3 Å². The van der Waals surface area contributed by atoms with Gasteiger partial charge < -0.3 is 15.4 Å². The van der Waals surface area contributed by atoms with Gasteiger partial charge in [-0.25, -0.2) is 0 Å². The molecule has 2 N–H and O–H groups in total. The molecule has 0 fully saturated rings. The van der Waals surface area contributed by atoms with Crippen LogP contribution in [0.2, 0.25) is 0 Å². The Balaban J connectivity index is 2.80. The third-order valence-corrected chi connectivity index (χ3v) is 2.35. The van der Waals surface area contributed by atoms with Crippen molar-refractivity contribution in [1.29, 1.82) is 0 Å². The lowest BCUT2D eigenvalue weighted by Gasteiger charge is -2.08. The molecule has 0 aliphatic carbocycles. The molecule has 0 saturated carbocycles. The Morgan fingerprint density at radius 2 is 2.30 bits per heavy atom. The van der Waals surface area contributed by atoms with E-state index in [4.69, 9.17) is 11.2 Å². The molecule has 0 aliphatic rings. The first-order valence-electron chi connectivity index (χ1n) is 5.83. The van der Waals surface area contributed by atoms with E-state index in [0.717, 1.165) is 5.56 Å². The Morgan fingerprint density at radius 1 is 1.55 bits per heavy atom. The van der Waals surface area contributed by atoms with E-state index < -0.39 is 10.8 Å². The lowest BCUT2D eigenvalue weighted by molar-refractivity contribution is -0.385. The fourth-order valence-electron chi connectivity index (χ4n) is 1.48. The Kier molecular flexibility index (Phi) is 6.00. The predicted octanol–water partition coefficient (Wildman–Crippen LogP) is 0.442. The van der Waals surface area contributed by atoms with Crippen molar-refractivity contribution in [2.24, 2.45) is 0 Å². The fourth-order valence-corrected chi connectivity index (χ4v) is 1.48. The average molecular weight is 277 g/mol. The van der Waals surface area contributed by atoms with Gasteiger partial charge in [0.15, 0.2) is 12.4 Å². The number of amides is 1. The van der Waals surface area contributed by atoms with Crippen LogP contribution in [0.5, 0.6) is 5.75 Å². The zero-order valence-electron chi connectivity index (χ0n) is 11.0. The van der Waals surface area contributed by atoms with E-state index in [1.165, 1.54) is 12.1 Å². The molecule has 0 bridgehead atoms. The van der Waals surface area contributed by atoms with Crippen LogP contribution in [0.4, 0.5) is 5.69 Å². The average Bonchev–Trinajstić information content (AvgIpc) is 2.43. The van der Waals surface area contributed by atoms with Crippen LogP contribution in [0, 0.1) is 22.5 Å². The van der Waals surface area contributed by atoms with Crippen molar-refractivity contribution < 1.29 is 14.5 Å². The minimum Gasteiger partial charge on any atom is -0.477 e. The highest BCUT2D eigenvalue weighted by atomic mass is 16.6. The van der Waals surface area contributed by atoms with Crippen molar-refractivity contribution in [1.82, 2.24) is 10.6 Å². The lowest BCUT2D eigenvalue weighted by atomic mass is 10.2.